The minimum Gasteiger partial charge on any atom is -0.469 e. The summed E-state index contributed by atoms with van der Waals surface area (Å²) in [6.45, 7) is 0. The second kappa shape index (κ2) is 4.73. The van der Waals surface area contributed by atoms with E-state index < -0.39 is 0 Å². The first-order valence-corrected chi connectivity index (χ1v) is 6.58. The Morgan fingerprint density at radius 3 is 2.78 bits per heavy atom. The van der Waals surface area contributed by atoms with Crippen molar-refractivity contribution in [2.24, 2.45) is 5.92 Å². The van der Waals surface area contributed by atoms with E-state index in [4.69, 9.17) is 9.47 Å². The molecular weight excluding hydrogens is 228 g/mol. The first-order valence-electron chi connectivity index (χ1n) is 6.58. The topological polar surface area (TPSA) is 35.5 Å². The van der Waals surface area contributed by atoms with Gasteiger partial charge >= 0.3 is 5.97 Å². The fourth-order valence-electron chi connectivity index (χ4n) is 3.36. The minimum absolute atomic E-state index is 0.0430. The Hall–Kier alpha value is -1.35. The summed E-state index contributed by atoms with van der Waals surface area (Å²) in [5, 5.41) is 0. The summed E-state index contributed by atoms with van der Waals surface area (Å²) < 4.78 is 10.9. The number of rotatable bonds is 2. The largest absolute Gasteiger partial charge is 0.469 e. The number of hydrogen-bond donors (Lipinski definition) is 0. The van der Waals surface area contributed by atoms with Crippen molar-refractivity contribution in [1.29, 1.82) is 0 Å². The predicted octanol–water partition coefficient (Wildman–Crippen LogP) is 2.51. The van der Waals surface area contributed by atoms with Crippen molar-refractivity contribution in [3.8, 4) is 0 Å². The van der Waals surface area contributed by atoms with Crippen LogP contribution < -0.4 is 0 Å². The van der Waals surface area contributed by atoms with Crippen molar-refractivity contribution in [3.05, 3.63) is 35.9 Å². The predicted molar refractivity (Wildman–Crippen MR) is 67.2 cm³/mol. The zero-order valence-electron chi connectivity index (χ0n) is 10.5. The molecule has 2 aliphatic heterocycles. The lowest BCUT2D eigenvalue weighted by Gasteiger charge is -2.35. The minimum atomic E-state index is -0.142. The van der Waals surface area contributed by atoms with E-state index in [-0.39, 0.29) is 23.9 Å². The standard InChI is InChI=1S/C15H18O3/c1-17-15(16)14-12(10-5-3-2-4-6-10)9-11-7-8-13(14)18-11/h2-6,11-14H,7-9H2,1H3/t11?,12-,13?,14+/m1/s1. The smallest absolute Gasteiger partial charge is 0.311 e. The molecule has 3 heteroatoms. The summed E-state index contributed by atoms with van der Waals surface area (Å²) in [5.74, 6) is -0.0322. The number of hydrogen-bond acceptors (Lipinski definition) is 3. The van der Waals surface area contributed by atoms with Crippen molar-refractivity contribution in [3.63, 3.8) is 0 Å². The van der Waals surface area contributed by atoms with E-state index >= 15 is 0 Å². The molecule has 2 fully saturated rings. The fourth-order valence-corrected chi connectivity index (χ4v) is 3.36. The number of benzene rings is 1. The zero-order chi connectivity index (χ0) is 12.5. The lowest BCUT2D eigenvalue weighted by Crippen LogP contribution is -2.39. The lowest BCUT2D eigenvalue weighted by atomic mass is 9.79. The summed E-state index contributed by atoms with van der Waals surface area (Å²) in [6.07, 6.45) is 3.35. The second-order valence-corrected chi connectivity index (χ2v) is 5.18. The fraction of sp³-hybridized carbons (Fsp3) is 0.533. The summed E-state index contributed by atoms with van der Waals surface area (Å²) in [4.78, 5) is 12.0. The number of carbonyl (C=O) groups is 1. The van der Waals surface area contributed by atoms with E-state index in [0.717, 1.165) is 19.3 Å². The van der Waals surface area contributed by atoms with E-state index in [2.05, 4.69) is 12.1 Å². The Labute approximate surface area is 107 Å². The van der Waals surface area contributed by atoms with Crippen LogP contribution in [0, 0.1) is 5.92 Å². The molecule has 0 spiro atoms. The molecule has 2 saturated heterocycles. The Balaban J connectivity index is 1.93. The molecule has 1 aromatic rings. The van der Waals surface area contributed by atoms with Crippen LogP contribution in [0.3, 0.4) is 0 Å². The molecule has 18 heavy (non-hydrogen) atoms. The Morgan fingerprint density at radius 1 is 1.28 bits per heavy atom. The van der Waals surface area contributed by atoms with Gasteiger partial charge in [-0.1, -0.05) is 30.3 Å². The first-order chi connectivity index (χ1) is 8.79. The van der Waals surface area contributed by atoms with Crippen molar-refractivity contribution in [2.75, 3.05) is 7.11 Å². The van der Waals surface area contributed by atoms with Gasteiger partial charge in [-0.05, 0) is 24.8 Å². The molecule has 2 unspecified atom stereocenters. The third-order valence-corrected chi connectivity index (χ3v) is 4.19. The number of methoxy groups -OCH3 is 1. The van der Waals surface area contributed by atoms with E-state index in [9.17, 15) is 4.79 Å². The molecule has 0 aliphatic carbocycles. The molecule has 0 aromatic heterocycles. The Bertz CT molecular complexity index is 429. The molecule has 4 atom stereocenters. The van der Waals surface area contributed by atoms with Gasteiger partial charge < -0.3 is 9.47 Å². The average Bonchev–Trinajstić information content (AvgIpc) is 2.80. The van der Waals surface area contributed by atoms with Crippen molar-refractivity contribution < 1.29 is 14.3 Å². The van der Waals surface area contributed by atoms with Crippen LogP contribution >= 0.6 is 0 Å². The van der Waals surface area contributed by atoms with Gasteiger partial charge in [0.25, 0.3) is 0 Å². The molecule has 0 radical (unpaired) electrons. The average molecular weight is 246 g/mol. The third-order valence-electron chi connectivity index (χ3n) is 4.19. The summed E-state index contributed by atoms with van der Waals surface area (Å²) in [6, 6.07) is 10.3. The highest BCUT2D eigenvalue weighted by Crippen LogP contribution is 2.45. The summed E-state index contributed by atoms with van der Waals surface area (Å²) >= 11 is 0. The lowest BCUT2D eigenvalue weighted by molar-refractivity contribution is -0.156. The monoisotopic (exact) mass is 246 g/mol. The van der Waals surface area contributed by atoms with E-state index in [0.29, 0.717) is 6.10 Å². The van der Waals surface area contributed by atoms with Crippen molar-refractivity contribution in [2.45, 2.75) is 37.4 Å². The van der Waals surface area contributed by atoms with Crippen LogP contribution in [0.5, 0.6) is 0 Å². The van der Waals surface area contributed by atoms with Gasteiger partial charge in [-0.15, -0.1) is 0 Å². The summed E-state index contributed by atoms with van der Waals surface area (Å²) in [7, 11) is 1.46. The van der Waals surface area contributed by atoms with Crippen LogP contribution in [0.1, 0.15) is 30.7 Å². The quantitative estimate of drug-likeness (QED) is 0.752. The second-order valence-electron chi connectivity index (χ2n) is 5.18. The van der Waals surface area contributed by atoms with Gasteiger partial charge in [0.1, 0.15) is 0 Å². The third kappa shape index (κ3) is 1.93. The molecule has 0 saturated carbocycles. The molecule has 0 N–H and O–H groups in total. The van der Waals surface area contributed by atoms with Gasteiger partial charge in [0, 0.05) is 5.92 Å². The van der Waals surface area contributed by atoms with Crippen LogP contribution in [-0.4, -0.2) is 25.3 Å². The number of carbonyl (C=O) groups excluding carboxylic acids is 1. The maximum Gasteiger partial charge on any atom is 0.311 e. The highest BCUT2D eigenvalue weighted by Gasteiger charge is 2.47. The maximum absolute atomic E-state index is 12.0. The Morgan fingerprint density at radius 2 is 2.06 bits per heavy atom. The molecule has 2 heterocycles. The molecule has 3 nitrogen and oxygen atoms in total. The van der Waals surface area contributed by atoms with E-state index in [1.807, 2.05) is 18.2 Å². The molecule has 3 rings (SSSR count). The molecular formula is C15H18O3. The first kappa shape index (κ1) is 11.7. The van der Waals surface area contributed by atoms with Gasteiger partial charge in [-0.3, -0.25) is 4.79 Å². The van der Waals surface area contributed by atoms with Gasteiger partial charge in [-0.25, -0.2) is 0 Å². The molecule has 2 aliphatic rings. The highest BCUT2D eigenvalue weighted by atomic mass is 16.5. The van der Waals surface area contributed by atoms with Gasteiger partial charge in [0.15, 0.2) is 0 Å². The van der Waals surface area contributed by atoms with Crippen LogP contribution in [0.2, 0.25) is 0 Å². The molecule has 96 valence electrons. The summed E-state index contributed by atoms with van der Waals surface area (Å²) in [5.41, 5.74) is 1.23. The number of ether oxygens (including phenoxy) is 2. The Kier molecular flexibility index (Phi) is 3.08. The van der Waals surface area contributed by atoms with Gasteiger partial charge in [0.05, 0.1) is 25.2 Å². The van der Waals surface area contributed by atoms with Crippen molar-refractivity contribution in [1.82, 2.24) is 0 Å². The van der Waals surface area contributed by atoms with Gasteiger partial charge in [0.2, 0.25) is 0 Å². The van der Waals surface area contributed by atoms with E-state index in [1.54, 1.807) is 0 Å². The van der Waals surface area contributed by atoms with Crippen LogP contribution in [0.15, 0.2) is 30.3 Å². The maximum atomic E-state index is 12.0. The number of esters is 1. The van der Waals surface area contributed by atoms with E-state index in [1.165, 1.54) is 12.7 Å². The highest BCUT2D eigenvalue weighted by molar-refractivity contribution is 5.74. The molecule has 2 bridgehead atoms. The van der Waals surface area contributed by atoms with Crippen LogP contribution in [-0.2, 0) is 14.3 Å². The molecule has 0 amide bonds. The zero-order valence-corrected chi connectivity index (χ0v) is 10.5. The number of fused-ring (bicyclic) bond motifs is 2. The van der Waals surface area contributed by atoms with Crippen LogP contribution in [0.25, 0.3) is 0 Å². The van der Waals surface area contributed by atoms with Gasteiger partial charge in [-0.2, -0.15) is 0 Å². The van der Waals surface area contributed by atoms with Crippen LogP contribution in [0.4, 0.5) is 0 Å². The molecule has 1 aromatic carbocycles. The van der Waals surface area contributed by atoms with Crippen molar-refractivity contribution >= 4 is 5.97 Å². The normalized spacial score (nSPS) is 34.3. The SMILES string of the molecule is COC(=O)[C@@H]1C2CCC(C[C@@H]1c1ccccc1)O2.